The summed E-state index contributed by atoms with van der Waals surface area (Å²) in [6.07, 6.45) is 2.00. The SMILES string of the molecule is CCCCN(CC)C(=O)c1ccc2c(=O)n(-c3cccc(C)c3C)c(=S)[nH]c2c1. The number of hydrogen-bond acceptors (Lipinski definition) is 3. The van der Waals surface area contributed by atoms with Gasteiger partial charge in [0.1, 0.15) is 0 Å². The lowest BCUT2D eigenvalue weighted by Crippen LogP contribution is -2.31. The number of carbonyl (C=O) groups excluding carboxylic acids is 1. The van der Waals surface area contributed by atoms with Gasteiger partial charge in [0.15, 0.2) is 4.77 Å². The number of hydrogen-bond donors (Lipinski definition) is 1. The van der Waals surface area contributed by atoms with Crippen LogP contribution in [0.15, 0.2) is 41.2 Å². The number of nitrogens with one attached hydrogen (secondary N) is 1. The molecule has 6 heteroatoms. The molecule has 3 rings (SSSR count). The topological polar surface area (TPSA) is 58.1 Å². The van der Waals surface area contributed by atoms with Crippen LogP contribution in [-0.4, -0.2) is 33.4 Å². The van der Waals surface area contributed by atoms with Crippen molar-refractivity contribution in [1.29, 1.82) is 0 Å². The summed E-state index contributed by atoms with van der Waals surface area (Å²) in [6.45, 7) is 9.45. The van der Waals surface area contributed by atoms with Crippen molar-refractivity contribution in [3.05, 3.63) is 68.2 Å². The number of benzene rings is 2. The molecule has 0 bridgehead atoms. The normalized spacial score (nSPS) is 11.0. The summed E-state index contributed by atoms with van der Waals surface area (Å²) < 4.78 is 1.85. The van der Waals surface area contributed by atoms with Gasteiger partial charge in [0.05, 0.1) is 16.6 Å². The number of aromatic amines is 1. The van der Waals surface area contributed by atoms with Crippen LogP contribution in [0.5, 0.6) is 0 Å². The van der Waals surface area contributed by atoms with Crippen molar-refractivity contribution in [2.24, 2.45) is 0 Å². The van der Waals surface area contributed by atoms with Crippen molar-refractivity contribution in [2.75, 3.05) is 13.1 Å². The first-order chi connectivity index (χ1) is 13.9. The van der Waals surface area contributed by atoms with E-state index in [9.17, 15) is 9.59 Å². The zero-order valence-corrected chi connectivity index (χ0v) is 18.2. The molecule has 0 saturated heterocycles. The van der Waals surface area contributed by atoms with Crippen LogP contribution in [0.3, 0.4) is 0 Å². The van der Waals surface area contributed by atoms with Crippen molar-refractivity contribution in [2.45, 2.75) is 40.5 Å². The van der Waals surface area contributed by atoms with Gasteiger partial charge in [-0.25, -0.2) is 0 Å². The fraction of sp³-hybridized carbons (Fsp3) is 0.348. The molecular weight excluding hydrogens is 382 g/mol. The van der Waals surface area contributed by atoms with Crippen LogP contribution >= 0.6 is 12.2 Å². The molecule has 0 atom stereocenters. The molecule has 2 aromatic carbocycles. The van der Waals surface area contributed by atoms with E-state index in [0.29, 0.717) is 27.8 Å². The Hall–Kier alpha value is -2.73. The number of amides is 1. The zero-order chi connectivity index (χ0) is 21.1. The molecule has 0 aliphatic carbocycles. The Morgan fingerprint density at radius 1 is 1.17 bits per heavy atom. The minimum atomic E-state index is -0.185. The van der Waals surface area contributed by atoms with Gasteiger partial charge in [-0.2, -0.15) is 0 Å². The molecule has 1 heterocycles. The Bertz CT molecular complexity index is 1180. The fourth-order valence-electron chi connectivity index (χ4n) is 3.48. The minimum absolute atomic E-state index is 0.0270. The molecule has 1 N–H and O–H groups in total. The predicted molar refractivity (Wildman–Crippen MR) is 121 cm³/mol. The van der Waals surface area contributed by atoms with E-state index in [2.05, 4.69) is 11.9 Å². The number of H-pyrrole nitrogens is 1. The molecule has 0 unspecified atom stereocenters. The monoisotopic (exact) mass is 409 g/mol. The number of aryl methyl sites for hydroxylation is 1. The van der Waals surface area contributed by atoms with Crippen molar-refractivity contribution in [1.82, 2.24) is 14.5 Å². The van der Waals surface area contributed by atoms with Crippen molar-refractivity contribution in [3.63, 3.8) is 0 Å². The highest BCUT2D eigenvalue weighted by atomic mass is 32.1. The maximum atomic E-state index is 13.2. The molecule has 152 valence electrons. The third-order valence-electron chi connectivity index (χ3n) is 5.41. The molecule has 1 amide bonds. The second kappa shape index (κ2) is 8.74. The highest BCUT2D eigenvalue weighted by Crippen LogP contribution is 2.19. The number of unbranched alkanes of at least 4 members (excludes halogenated alkanes) is 1. The van der Waals surface area contributed by atoms with Crippen LogP contribution in [-0.2, 0) is 0 Å². The molecule has 0 spiro atoms. The van der Waals surface area contributed by atoms with Gasteiger partial charge < -0.3 is 9.88 Å². The molecule has 0 saturated carbocycles. The van der Waals surface area contributed by atoms with Gasteiger partial charge >= 0.3 is 0 Å². The molecule has 0 aliphatic rings. The summed E-state index contributed by atoms with van der Waals surface area (Å²) in [6, 6.07) is 11.0. The first-order valence-corrected chi connectivity index (χ1v) is 10.4. The summed E-state index contributed by atoms with van der Waals surface area (Å²) in [5, 5.41) is 0.507. The third kappa shape index (κ3) is 4.03. The van der Waals surface area contributed by atoms with Gasteiger partial charge in [0, 0.05) is 18.7 Å². The Morgan fingerprint density at radius 3 is 2.62 bits per heavy atom. The van der Waals surface area contributed by atoms with E-state index in [1.54, 1.807) is 18.2 Å². The van der Waals surface area contributed by atoms with Crippen LogP contribution in [0.4, 0.5) is 0 Å². The van der Waals surface area contributed by atoms with E-state index >= 15 is 0 Å². The van der Waals surface area contributed by atoms with Crippen LogP contribution in [0.25, 0.3) is 16.6 Å². The van der Waals surface area contributed by atoms with E-state index in [1.807, 2.05) is 43.9 Å². The van der Waals surface area contributed by atoms with E-state index in [4.69, 9.17) is 12.2 Å². The quantitative estimate of drug-likeness (QED) is 0.588. The lowest BCUT2D eigenvalue weighted by molar-refractivity contribution is 0.0762. The van der Waals surface area contributed by atoms with Gasteiger partial charge in [0.2, 0.25) is 0 Å². The number of carbonyl (C=O) groups is 1. The van der Waals surface area contributed by atoms with Gasteiger partial charge in [-0.05, 0) is 74.8 Å². The Morgan fingerprint density at radius 2 is 1.93 bits per heavy atom. The number of aromatic nitrogens is 2. The van der Waals surface area contributed by atoms with Crippen molar-refractivity contribution >= 4 is 29.0 Å². The van der Waals surface area contributed by atoms with Crippen LogP contribution in [0.1, 0.15) is 48.2 Å². The molecule has 29 heavy (non-hydrogen) atoms. The first-order valence-electron chi connectivity index (χ1n) is 10.0. The van der Waals surface area contributed by atoms with Crippen molar-refractivity contribution in [3.8, 4) is 5.69 Å². The van der Waals surface area contributed by atoms with E-state index in [1.165, 1.54) is 4.57 Å². The minimum Gasteiger partial charge on any atom is -0.339 e. The zero-order valence-electron chi connectivity index (χ0n) is 17.4. The van der Waals surface area contributed by atoms with Gasteiger partial charge in [-0.15, -0.1) is 0 Å². The standard InChI is InChI=1S/C23H27N3O2S/c1-5-7-13-25(6-2)21(27)17-11-12-18-19(14-17)24-23(29)26(22(18)28)20-10-8-9-15(3)16(20)4/h8-12,14H,5-7,13H2,1-4H3,(H,24,29). The maximum Gasteiger partial charge on any atom is 0.266 e. The summed E-state index contributed by atoms with van der Waals surface area (Å²) in [5.41, 5.74) is 3.83. The Labute approximate surface area is 176 Å². The van der Waals surface area contributed by atoms with Crippen LogP contribution in [0.2, 0.25) is 0 Å². The summed E-state index contributed by atoms with van der Waals surface area (Å²) in [7, 11) is 0. The molecule has 1 aromatic heterocycles. The average Bonchev–Trinajstić information content (AvgIpc) is 2.71. The molecule has 0 fully saturated rings. The van der Waals surface area contributed by atoms with Gasteiger partial charge in [-0.3, -0.25) is 14.2 Å². The number of fused-ring (bicyclic) bond motifs is 1. The molecule has 0 aliphatic heterocycles. The summed E-state index contributed by atoms with van der Waals surface area (Å²) >= 11 is 5.50. The van der Waals surface area contributed by atoms with E-state index in [0.717, 1.165) is 36.2 Å². The molecule has 3 aromatic rings. The largest absolute Gasteiger partial charge is 0.339 e. The van der Waals surface area contributed by atoms with Crippen molar-refractivity contribution < 1.29 is 4.79 Å². The third-order valence-corrected chi connectivity index (χ3v) is 5.70. The number of nitrogens with zero attached hydrogens (tertiary/aromatic N) is 2. The van der Waals surface area contributed by atoms with Gasteiger partial charge in [0.25, 0.3) is 11.5 Å². The lowest BCUT2D eigenvalue weighted by Gasteiger charge is -2.21. The Balaban J connectivity index is 2.11. The molecular formula is C23H27N3O2S. The van der Waals surface area contributed by atoms with Crippen LogP contribution in [0, 0.1) is 18.6 Å². The fourth-order valence-corrected chi connectivity index (χ4v) is 3.77. The van der Waals surface area contributed by atoms with Crippen LogP contribution < -0.4 is 5.56 Å². The second-order valence-electron chi connectivity index (χ2n) is 7.29. The van der Waals surface area contributed by atoms with Gasteiger partial charge in [-0.1, -0.05) is 25.5 Å². The summed E-state index contributed by atoms with van der Waals surface area (Å²) in [4.78, 5) is 31.1. The predicted octanol–water partition coefficient (Wildman–Crippen LogP) is 4.93. The lowest BCUT2D eigenvalue weighted by atomic mass is 10.1. The first kappa shape index (κ1) is 21.0. The smallest absolute Gasteiger partial charge is 0.266 e. The second-order valence-corrected chi connectivity index (χ2v) is 7.68. The highest BCUT2D eigenvalue weighted by Gasteiger charge is 2.16. The van der Waals surface area contributed by atoms with E-state index < -0.39 is 0 Å². The number of rotatable bonds is 6. The molecule has 0 radical (unpaired) electrons. The average molecular weight is 410 g/mol. The summed E-state index contributed by atoms with van der Waals surface area (Å²) in [5.74, 6) is -0.0270. The maximum absolute atomic E-state index is 13.2. The molecule has 5 nitrogen and oxygen atoms in total. The Kier molecular flexibility index (Phi) is 6.33. The van der Waals surface area contributed by atoms with E-state index in [-0.39, 0.29) is 11.5 Å². The highest BCUT2D eigenvalue weighted by molar-refractivity contribution is 7.71.